The van der Waals surface area contributed by atoms with E-state index in [1.165, 1.54) is 17.7 Å². The molecule has 1 heterocycles. The molecule has 0 bridgehead atoms. The molecule has 2 N–H and O–H groups in total. The molecule has 2 aromatic rings. The highest BCUT2D eigenvalue weighted by molar-refractivity contribution is 5.54. The Morgan fingerprint density at radius 1 is 1.00 bits per heavy atom. The van der Waals surface area contributed by atoms with Gasteiger partial charge in [-0.1, -0.05) is 42.5 Å². The molecule has 21 heavy (non-hydrogen) atoms. The molecule has 1 aliphatic heterocycles. The average molecular weight is 289 g/mol. The van der Waals surface area contributed by atoms with Gasteiger partial charge in [-0.05, 0) is 30.0 Å². The zero-order valence-corrected chi connectivity index (χ0v) is 11.5. The molecular formula is C17H17F2NO. The van der Waals surface area contributed by atoms with Crippen molar-refractivity contribution in [3.63, 3.8) is 0 Å². The first-order chi connectivity index (χ1) is 10.1. The molecule has 2 atom stereocenters. The van der Waals surface area contributed by atoms with Crippen molar-refractivity contribution < 1.29 is 13.9 Å². The Morgan fingerprint density at radius 2 is 1.67 bits per heavy atom. The number of rotatable bonds is 3. The van der Waals surface area contributed by atoms with Gasteiger partial charge in [-0.15, -0.1) is 0 Å². The summed E-state index contributed by atoms with van der Waals surface area (Å²) in [5.41, 5.74) is 2.93. The van der Waals surface area contributed by atoms with Gasteiger partial charge in [0.2, 0.25) is 0 Å². The summed E-state index contributed by atoms with van der Waals surface area (Å²) in [5.74, 6) is 0. The van der Waals surface area contributed by atoms with Crippen molar-refractivity contribution in [3.05, 3.63) is 65.2 Å². The molecule has 2 nitrogen and oxygen atoms in total. The van der Waals surface area contributed by atoms with Crippen LogP contribution in [-0.4, -0.2) is 11.1 Å². The fraction of sp³-hybridized carbons (Fsp3) is 0.294. The number of para-hydroxylation sites is 1. The first-order valence-electron chi connectivity index (χ1n) is 7.05. The van der Waals surface area contributed by atoms with Gasteiger partial charge in [0, 0.05) is 11.3 Å². The van der Waals surface area contributed by atoms with E-state index in [0.717, 1.165) is 18.5 Å². The molecule has 0 radical (unpaired) electrons. The highest BCUT2D eigenvalue weighted by Crippen LogP contribution is 2.31. The van der Waals surface area contributed by atoms with E-state index < -0.39 is 12.5 Å². The van der Waals surface area contributed by atoms with Crippen molar-refractivity contribution in [1.82, 2.24) is 0 Å². The van der Waals surface area contributed by atoms with Crippen molar-refractivity contribution >= 4 is 5.69 Å². The largest absolute Gasteiger partial charge is 0.386 e. The number of benzene rings is 2. The summed E-state index contributed by atoms with van der Waals surface area (Å²) in [6.07, 6.45) is -1.46. The quantitative estimate of drug-likeness (QED) is 0.892. The van der Waals surface area contributed by atoms with Crippen LogP contribution in [-0.2, 0) is 6.42 Å². The second-order valence-corrected chi connectivity index (χ2v) is 5.36. The van der Waals surface area contributed by atoms with Crippen molar-refractivity contribution in [2.24, 2.45) is 0 Å². The first-order valence-corrected chi connectivity index (χ1v) is 7.05. The summed E-state index contributed by atoms with van der Waals surface area (Å²) < 4.78 is 25.1. The molecule has 0 amide bonds. The molecule has 0 fully saturated rings. The molecular weight excluding hydrogens is 272 g/mol. The van der Waals surface area contributed by atoms with Gasteiger partial charge in [0.05, 0.1) is 12.1 Å². The van der Waals surface area contributed by atoms with Gasteiger partial charge in [-0.3, -0.25) is 0 Å². The Kier molecular flexibility index (Phi) is 3.88. The molecule has 2 aromatic carbocycles. The fourth-order valence-electron chi connectivity index (χ4n) is 2.77. The summed E-state index contributed by atoms with van der Waals surface area (Å²) in [6.45, 7) is 0. The lowest BCUT2D eigenvalue weighted by Crippen LogP contribution is -2.31. The summed E-state index contributed by atoms with van der Waals surface area (Å²) >= 11 is 0. The molecule has 3 rings (SSSR count). The van der Waals surface area contributed by atoms with Crippen molar-refractivity contribution in [2.45, 2.75) is 31.4 Å². The van der Waals surface area contributed by atoms with Gasteiger partial charge in [0.15, 0.2) is 0 Å². The van der Waals surface area contributed by atoms with Crippen LogP contribution in [0.4, 0.5) is 14.5 Å². The molecule has 110 valence electrons. The number of aryl methyl sites for hydroxylation is 1. The number of aliphatic hydroxyl groups is 1. The van der Waals surface area contributed by atoms with Gasteiger partial charge in [0.1, 0.15) is 0 Å². The number of halogens is 2. The number of nitrogens with one attached hydrogen (secondary N) is 1. The Morgan fingerprint density at radius 3 is 2.38 bits per heavy atom. The van der Waals surface area contributed by atoms with Gasteiger partial charge < -0.3 is 10.4 Å². The summed E-state index contributed by atoms with van der Waals surface area (Å²) in [4.78, 5) is 0. The zero-order chi connectivity index (χ0) is 14.8. The monoisotopic (exact) mass is 289 g/mol. The van der Waals surface area contributed by atoms with E-state index in [4.69, 9.17) is 0 Å². The molecule has 0 saturated heterocycles. The molecule has 0 saturated carbocycles. The van der Waals surface area contributed by atoms with Gasteiger partial charge in [-0.25, -0.2) is 8.78 Å². The van der Waals surface area contributed by atoms with Gasteiger partial charge in [0.25, 0.3) is 6.43 Å². The predicted molar refractivity (Wildman–Crippen MR) is 78.5 cm³/mol. The lowest BCUT2D eigenvalue weighted by molar-refractivity contribution is 0.146. The number of anilines is 1. The zero-order valence-electron chi connectivity index (χ0n) is 11.5. The van der Waals surface area contributed by atoms with Crippen LogP contribution in [0.25, 0.3) is 0 Å². The predicted octanol–water partition coefficient (Wildman–Crippen LogP) is 4.08. The smallest absolute Gasteiger partial charge is 0.263 e. The van der Waals surface area contributed by atoms with E-state index in [1.807, 2.05) is 18.2 Å². The standard InChI is InChI=1S/C17H17F2NO/c18-17(19)13-7-5-12(6-8-13)16(21)15-10-9-11-3-1-2-4-14(11)20-15/h1-8,15-17,20-21H,9-10H2. The number of hydrogen-bond acceptors (Lipinski definition) is 2. The van der Waals surface area contributed by atoms with Crippen LogP contribution < -0.4 is 5.32 Å². The lowest BCUT2D eigenvalue weighted by atomic mass is 9.91. The van der Waals surface area contributed by atoms with E-state index in [9.17, 15) is 13.9 Å². The normalized spacial score (nSPS) is 19.0. The molecule has 0 aromatic heterocycles. The molecule has 0 aliphatic carbocycles. The lowest BCUT2D eigenvalue weighted by Gasteiger charge is -2.30. The SMILES string of the molecule is OC(c1ccc(C(F)F)cc1)C1CCc2ccccc2N1. The van der Waals surface area contributed by atoms with Crippen molar-refractivity contribution in [2.75, 3.05) is 5.32 Å². The summed E-state index contributed by atoms with van der Waals surface area (Å²) in [5, 5.41) is 13.8. The number of fused-ring (bicyclic) bond motifs is 1. The third-order valence-corrected chi connectivity index (χ3v) is 3.99. The second-order valence-electron chi connectivity index (χ2n) is 5.36. The van der Waals surface area contributed by atoms with Crippen LogP contribution in [0, 0.1) is 0 Å². The fourth-order valence-corrected chi connectivity index (χ4v) is 2.77. The Balaban J connectivity index is 1.75. The maximum Gasteiger partial charge on any atom is 0.263 e. The van der Waals surface area contributed by atoms with E-state index in [2.05, 4.69) is 11.4 Å². The minimum absolute atomic E-state index is 0.0205. The van der Waals surface area contributed by atoms with Gasteiger partial charge >= 0.3 is 0 Å². The van der Waals surface area contributed by atoms with Crippen LogP contribution in [0.5, 0.6) is 0 Å². The van der Waals surface area contributed by atoms with E-state index in [1.54, 1.807) is 12.1 Å². The average Bonchev–Trinajstić information content (AvgIpc) is 2.54. The number of alkyl halides is 2. The maximum absolute atomic E-state index is 12.5. The second kappa shape index (κ2) is 5.82. The van der Waals surface area contributed by atoms with E-state index in [0.29, 0.717) is 5.56 Å². The molecule has 0 spiro atoms. The van der Waals surface area contributed by atoms with E-state index >= 15 is 0 Å². The number of aliphatic hydroxyl groups excluding tert-OH is 1. The maximum atomic E-state index is 12.5. The minimum atomic E-state index is -2.48. The highest BCUT2D eigenvalue weighted by atomic mass is 19.3. The molecule has 2 unspecified atom stereocenters. The topological polar surface area (TPSA) is 32.3 Å². The Hall–Kier alpha value is -1.94. The third-order valence-electron chi connectivity index (χ3n) is 3.99. The van der Waals surface area contributed by atoms with Crippen LogP contribution >= 0.6 is 0 Å². The van der Waals surface area contributed by atoms with Crippen LogP contribution in [0.3, 0.4) is 0 Å². The van der Waals surface area contributed by atoms with Gasteiger partial charge in [-0.2, -0.15) is 0 Å². The molecule has 4 heteroatoms. The van der Waals surface area contributed by atoms with Crippen molar-refractivity contribution in [1.29, 1.82) is 0 Å². The number of hydrogen-bond donors (Lipinski definition) is 2. The summed E-state index contributed by atoms with van der Waals surface area (Å²) in [6, 6.07) is 13.8. The van der Waals surface area contributed by atoms with E-state index in [-0.39, 0.29) is 11.6 Å². The molecule has 1 aliphatic rings. The summed E-state index contributed by atoms with van der Waals surface area (Å²) in [7, 11) is 0. The Bertz CT molecular complexity index is 612. The third kappa shape index (κ3) is 2.90. The highest BCUT2D eigenvalue weighted by Gasteiger charge is 2.25. The van der Waals surface area contributed by atoms with Crippen LogP contribution in [0.2, 0.25) is 0 Å². The van der Waals surface area contributed by atoms with Crippen LogP contribution in [0.15, 0.2) is 48.5 Å². The van der Waals surface area contributed by atoms with Crippen LogP contribution in [0.1, 0.15) is 35.6 Å². The Labute approximate surface area is 122 Å². The van der Waals surface area contributed by atoms with Crippen molar-refractivity contribution in [3.8, 4) is 0 Å². The minimum Gasteiger partial charge on any atom is -0.386 e. The first kappa shape index (κ1) is 14.0.